The number of nitro benzene ring substituents is 1. The average Bonchev–Trinajstić information content (AvgIpc) is 3.17. The summed E-state index contributed by atoms with van der Waals surface area (Å²) in [5, 5.41) is 12.2. The number of pyridine rings is 1. The Morgan fingerprint density at radius 2 is 1.70 bits per heavy atom. The first-order valence-electron chi connectivity index (χ1n) is 7.98. The summed E-state index contributed by atoms with van der Waals surface area (Å²) in [5.74, 6) is 0. The molecule has 27 heavy (non-hydrogen) atoms. The van der Waals surface area contributed by atoms with Crippen LogP contribution in [0.3, 0.4) is 0 Å². The minimum absolute atomic E-state index is 0.0248. The quantitative estimate of drug-likeness (QED) is 0.370. The highest BCUT2D eigenvalue weighted by molar-refractivity contribution is 7.84. The molecule has 0 N–H and O–H groups in total. The normalized spacial score (nSPS) is 12.2. The van der Waals surface area contributed by atoms with Crippen molar-refractivity contribution < 1.29 is 9.13 Å². The Hall–Kier alpha value is -2.97. The molecule has 8 heteroatoms. The minimum Gasteiger partial charge on any atom is -0.258 e. The molecule has 0 spiro atoms. The number of aromatic nitrogens is 2. The van der Waals surface area contributed by atoms with Crippen LogP contribution in [0.25, 0.3) is 32.5 Å². The van der Waals surface area contributed by atoms with Crippen molar-refractivity contribution in [2.45, 2.75) is 4.90 Å². The van der Waals surface area contributed by atoms with Gasteiger partial charge in [0.2, 0.25) is 0 Å². The van der Waals surface area contributed by atoms with Crippen molar-refractivity contribution in [1.29, 1.82) is 0 Å². The third-order valence-corrected chi connectivity index (χ3v) is 6.04. The second-order valence-electron chi connectivity index (χ2n) is 5.81. The van der Waals surface area contributed by atoms with Gasteiger partial charge in [0, 0.05) is 39.9 Å². The van der Waals surface area contributed by atoms with E-state index < -0.39 is 15.7 Å². The van der Waals surface area contributed by atoms with Crippen LogP contribution in [0.2, 0.25) is 0 Å². The molecular formula is C19H13N3O3S2. The number of fused-ring (bicyclic) bond motifs is 1. The van der Waals surface area contributed by atoms with E-state index in [-0.39, 0.29) is 5.69 Å². The third-order valence-electron chi connectivity index (χ3n) is 4.24. The van der Waals surface area contributed by atoms with Crippen molar-refractivity contribution >= 4 is 38.1 Å². The van der Waals surface area contributed by atoms with Crippen LogP contribution in [0.15, 0.2) is 65.8 Å². The fourth-order valence-electron chi connectivity index (χ4n) is 3.04. The Balaban J connectivity index is 1.99. The zero-order valence-corrected chi connectivity index (χ0v) is 15.8. The van der Waals surface area contributed by atoms with Crippen LogP contribution in [0, 0.1) is 10.1 Å². The van der Waals surface area contributed by atoms with Crippen molar-refractivity contribution in [3.63, 3.8) is 0 Å². The van der Waals surface area contributed by atoms with Crippen LogP contribution in [0.1, 0.15) is 0 Å². The molecule has 1 atom stereocenters. The summed E-state index contributed by atoms with van der Waals surface area (Å²) in [6.07, 6.45) is 4.97. The Morgan fingerprint density at radius 3 is 2.44 bits per heavy atom. The second kappa shape index (κ2) is 6.98. The molecule has 0 saturated carbocycles. The molecule has 6 nitrogen and oxygen atoms in total. The molecule has 1 unspecified atom stereocenters. The summed E-state index contributed by atoms with van der Waals surface area (Å²) in [4.78, 5) is 16.3. The smallest absolute Gasteiger partial charge is 0.258 e. The highest BCUT2D eigenvalue weighted by Crippen LogP contribution is 2.40. The Kier molecular flexibility index (Phi) is 4.51. The molecule has 0 saturated heterocycles. The highest BCUT2D eigenvalue weighted by Gasteiger charge is 2.21. The lowest BCUT2D eigenvalue weighted by molar-refractivity contribution is -0.384. The molecule has 0 aliphatic rings. The number of para-hydroxylation sites is 1. The van der Waals surface area contributed by atoms with Crippen molar-refractivity contribution in [2.75, 3.05) is 6.26 Å². The number of hydrogen-bond acceptors (Lipinski definition) is 6. The summed E-state index contributed by atoms with van der Waals surface area (Å²) < 4.78 is 17.2. The molecule has 0 aliphatic carbocycles. The first-order chi connectivity index (χ1) is 13.1. The van der Waals surface area contributed by atoms with Gasteiger partial charge in [-0.05, 0) is 23.7 Å². The number of hydrogen-bond donors (Lipinski definition) is 0. The molecule has 0 bridgehead atoms. The van der Waals surface area contributed by atoms with Gasteiger partial charge in [0.05, 0.1) is 37.9 Å². The van der Waals surface area contributed by atoms with E-state index in [1.807, 2.05) is 24.3 Å². The largest absolute Gasteiger partial charge is 0.277 e. The van der Waals surface area contributed by atoms with E-state index in [4.69, 9.17) is 0 Å². The molecule has 0 fully saturated rings. The van der Waals surface area contributed by atoms with Crippen LogP contribution >= 0.6 is 11.5 Å². The van der Waals surface area contributed by atoms with Crippen molar-refractivity contribution in [3.8, 4) is 22.4 Å². The molecule has 134 valence electrons. The predicted octanol–water partition coefficient (Wildman–Crippen LogP) is 4.67. The average molecular weight is 395 g/mol. The van der Waals surface area contributed by atoms with Gasteiger partial charge in [-0.3, -0.25) is 19.3 Å². The lowest BCUT2D eigenvalue weighted by atomic mass is 10.0. The van der Waals surface area contributed by atoms with E-state index in [1.54, 1.807) is 36.8 Å². The summed E-state index contributed by atoms with van der Waals surface area (Å²) >= 11 is 1.26. The van der Waals surface area contributed by atoms with Crippen LogP contribution in [-0.2, 0) is 10.8 Å². The number of nitrogens with zero attached hydrogens (tertiary/aromatic N) is 3. The number of benzene rings is 2. The van der Waals surface area contributed by atoms with Crippen molar-refractivity contribution in [3.05, 3.63) is 71.0 Å². The highest BCUT2D eigenvalue weighted by atomic mass is 32.2. The monoisotopic (exact) mass is 395 g/mol. The first-order valence-corrected chi connectivity index (χ1v) is 10.3. The van der Waals surface area contributed by atoms with E-state index >= 15 is 0 Å². The van der Waals surface area contributed by atoms with Gasteiger partial charge in [-0.25, -0.2) is 0 Å². The summed E-state index contributed by atoms with van der Waals surface area (Å²) in [6, 6.07) is 14.0. The fraction of sp³-hybridized carbons (Fsp3) is 0.0526. The maximum Gasteiger partial charge on any atom is 0.277 e. The van der Waals surface area contributed by atoms with Crippen LogP contribution in [0.4, 0.5) is 5.69 Å². The Morgan fingerprint density at radius 1 is 1.00 bits per heavy atom. The molecule has 4 rings (SSSR count). The van der Waals surface area contributed by atoms with Gasteiger partial charge < -0.3 is 0 Å². The zero-order chi connectivity index (χ0) is 19.0. The second-order valence-corrected chi connectivity index (χ2v) is 7.96. The van der Waals surface area contributed by atoms with Gasteiger partial charge in [-0.1, -0.05) is 30.3 Å². The standard InChI is InChI=1S/C19H13N3O3S2/c1-27(25)17-9-5-3-7-13(17)18-15-11-21-26-19(15)14(10-20-18)12-6-2-4-8-16(12)22(23)24/h2-11H,1H3. The maximum absolute atomic E-state index is 12.1. The van der Waals surface area contributed by atoms with Gasteiger partial charge in [-0.15, -0.1) is 0 Å². The van der Waals surface area contributed by atoms with Crippen LogP contribution in [-0.4, -0.2) is 24.7 Å². The molecule has 2 heterocycles. The number of nitro groups is 1. The molecule has 0 amide bonds. The van der Waals surface area contributed by atoms with E-state index in [1.165, 1.54) is 17.6 Å². The van der Waals surface area contributed by atoms with Crippen molar-refractivity contribution in [1.82, 2.24) is 9.36 Å². The van der Waals surface area contributed by atoms with Crippen LogP contribution < -0.4 is 0 Å². The lowest BCUT2D eigenvalue weighted by Crippen LogP contribution is -1.96. The van der Waals surface area contributed by atoms with Crippen molar-refractivity contribution in [2.24, 2.45) is 0 Å². The fourth-order valence-corrected chi connectivity index (χ4v) is 4.56. The van der Waals surface area contributed by atoms with Gasteiger partial charge >= 0.3 is 0 Å². The zero-order valence-electron chi connectivity index (χ0n) is 14.2. The molecule has 4 aromatic rings. The Labute approximate surface area is 161 Å². The van der Waals surface area contributed by atoms with Gasteiger partial charge in [0.15, 0.2) is 0 Å². The Bertz CT molecular complexity index is 1110. The molecule has 2 aromatic heterocycles. The van der Waals surface area contributed by atoms with E-state index in [2.05, 4.69) is 9.36 Å². The maximum atomic E-state index is 12.1. The van der Waals surface area contributed by atoms with Crippen LogP contribution in [0.5, 0.6) is 0 Å². The summed E-state index contributed by atoms with van der Waals surface area (Å²) in [6.45, 7) is 0. The predicted molar refractivity (Wildman–Crippen MR) is 107 cm³/mol. The topological polar surface area (TPSA) is 86.0 Å². The third kappa shape index (κ3) is 3.02. The van der Waals surface area contributed by atoms with Gasteiger partial charge in [0.1, 0.15) is 0 Å². The molecular weight excluding hydrogens is 382 g/mol. The SMILES string of the molecule is CS(=O)c1ccccc1-c1ncc(-c2ccccc2[N+](=O)[O-])c2sncc12. The summed E-state index contributed by atoms with van der Waals surface area (Å²) in [7, 11) is -1.17. The van der Waals surface area contributed by atoms with E-state index in [0.717, 1.165) is 15.6 Å². The minimum atomic E-state index is -1.17. The lowest BCUT2D eigenvalue weighted by Gasteiger charge is -2.10. The summed E-state index contributed by atoms with van der Waals surface area (Å²) in [5.41, 5.74) is 2.64. The van der Waals surface area contributed by atoms with E-state index in [9.17, 15) is 14.3 Å². The molecule has 2 aromatic carbocycles. The number of rotatable bonds is 4. The van der Waals surface area contributed by atoms with Gasteiger partial charge in [0.25, 0.3) is 5.69 Å². The first kappa shape index (κ1) is 17.4. The molecule has 0 aliphatic heterocycles. The van der Waals surface area contributed by atoms with E-state index in [0.29, 0.717) is 21.7 Å². The van der Waals surface area contributed by atoms with Gasteiger partial charge in [-0.2, -0.15) is 4.37 Å². The molecule has 0 radical (unpaired) electrons.